The first-order chi connectivity index (χ1) is 9.86. The van der Waals surface area contributed by atoms with Crippen LogP contribution in [-0.4, -0.2) is 28.2 Å². The summed E-state index contributed by atoms with van der Waals surface area (Å²) in [5.74, 6) is 0.819. The fourth-order valence-electron chi connectivity index (χ4n) is 1.85. The van der Waals surface area contributed by atoms with Gasteiger partial charge in [0.25, 0.3) is 0 Å². The van der Waals surface area contributed by atoms with Crippen LogP contribution in [0.2, 0.25) is 0 Å². The Hall–Kier alpha value is -1.11. The molecule has 1 aromatic carbocycles. The molecule has 120 valence electrons. The molecule has 0 radical (unpaired) electrons. The van der Waals surface area contributed by atoms with Crippen molar-refractivity contribution >= 4 is 10.0 Å². The van der Waals surface area contributed by atoms with Gasteiger partial charge < -0.3 is 9.47 Å². The second-order valence-corrected chi connectivity index (χ2v) is 6.78. The summed E-state index contributed by atoms with van der Waals surface area (Å²) in [4.78, 5) is 0.109. The summed E-state index contributed by atoms with van der Waals surface area (Å²) in [6.45, 7) is 7.77. The summed E-state index contributed by atoms with van der Waals surface area (Å²) in [6, 6.07) is 4.70. The molecule has 21 heavy (non-hydrogen) atoms. The van der Waals surface area contributed by atoms with Crippen molar-refractivity contribution in [3.8, 4) is 5.75 Å². The molecule has 0 spiro atoms. The van der Waals surface area contributed by atoms with E-state index in [9.17, 15) is 8.42 Å². The van der Waals surface area contributed by atoms with E-state index in [-0.39, 0.29) is 10.8 Å². The minimum Gasteiger partial charge on any atom is -0.491 e. The Kier molecular flexibility index (Phi) is 7.14. The average molecular weight is 315 g/mol. The van der Waals surface area contributed by atoms with Crippen LogP contribution in [0.3, 0.4) is 0 Å². The quantitative estimate of drug-likeness (QED) is 0.711. The van der Waals surface area contributed by atoms with Crippen LogP contribution < -0.4 is 9.88 Å². The fraction of sp³-hybridized carbons (Fsp3) is 0.600. The molecule has 0 unspecified atom stereocenters. The lowest BCUT2D eigenvalue weighted by atomic mass is 10.0. The highest BCUT2D eigenvalue weighted by molar-refractivity contribution is 7.89. The van der Waals surface area contributed by atoms with E-state index in [1.165, 1.54) is 6.07 Å². The van der Waals surface area contributed by atoms with Crippen molar-refractivity contribution < 1.29 is 17.9 Å². The number of ether oxygens (including phenoxy) is 2. The van der Waals surface area contributed by atoms with Crippen molar-refractivity contribution in [1.82, 2.24) is 0 Å². The second kappa shape index (κ2) is 8.36. The van der Waals surface area contributed by atoms with Crippen molar-refractivity contribution in [1.29, 1.82) is 0 Å². The maximum Gasteiger partial charge on any atom is 0.238 e. The summed E-state index contributed by atoms with van der Waals surface area (Å²) < 4.78 is 33.9. The summed E-state index contributed by atoms with van der Waals surface area (Å²) in [7, 11) is -3.69. The van der Waals surface area contributed by atoms with Gasteiger partial charge >= 0.3 is 0 Å². The van der Waals surface area contributed by atoms with Gasteiger partial charge in [0.15, 0.2) is 0 Å². The van der Waals surface area contributed by atoms with E-state index in [2.05, 4.69) is 6.92 Å². The minimum absolute atomic E-state index is 0.109. The Balaban J connectivity index is 2.69. The van der Waals surface area contributed by atoms with Gasteiger partial charge in [0.1, 0.15) is 12.4 Å². The molecule has 0 amide bonds. The van der Waals surface area contributed by atoms with E-state index >= 15 is 0 Å². The van der Waals surface area contributed by atoms with Gasteiger partial charge in [0, 0.05) is 6.61 Å². The third-order valence-electron chi connectivity index (χ3n) is 3.06. The van der Waals surface area contributed by atoms with Crippen molar-refractivity contribution in [3.63, 3.8) is 0 Å². The van der Waals surface area contributed by atoms with E-state index in [4.69, 9.17) is 14.6 Å². The topological polar surface area (TPSA) is 78.6 Å². The maximum atomic E-state index is 11.4. The molecule has 0 saturated heterocycles. The third-order valence-corrected chi connectivity index (χ3v) is 3.97. The van der Waals surface area contributed by atoms with E-state index in [0.717, 1.165) is 25.0 Å². The standard InChI is InChI=1S/C15H25NO4S/c1-4-5-8-19-9-10-20-15-7-6-13(21(16,17)18)11-14(15)12(2)3/h6-7,11-12H,4-5,8-10H2,1-3H3,(H2,16,17,18). The molecule has 0 saturated carbocycles. The third kappa shape index (κ3) is 6.03. The number of sulfonamides is 1. The number of hydrogen-bond acceptors (Lipinski definition) is 4. The van der Waals surface area contributed by atoms with Crippen LogP contribution in [0.25, 0.3) is 0 Å². The fourth-order valence-corrected chi connectivity index (χ4v) is 2.39. The number of benzene rings is 1. The van der Waals surface area contributed by atoms with Crippen molar-refractivity contribution in [3.05, 3.63) is 23.8 Å². The zero-order chi connectivity index (χ0) is 15.9. The van der Waals surface area contributed by atoms with Crippen LogP contribution >= 0.6 is 0 Å². The molecule has 0 aromatic heterocycles. The maximum absolute atomic E-state index is 11.4. The molecule has 1 rings (SSSR count). The Morgan fingerprint density at radius 1 is 1.19 bits per heavy atom. The van der Waals surface area contributed by atoms with Gasteiger partial charge in [-0.3, -0.25) is 0 Å². The SMILES string of the molecule is CCCCOCCOc1ccc(S(N)(=O)=O)cc1C(C)C. The lowest BCUT2D eigenvalue weighted by molar-refractivity contribution is 0.0976. The second-order valence-electron chi connectivity index (χ2n) is 5.21. The summed E-state index contributed by atoms with van der Waals surface area (Å²) in [6.07, 6.45) is 2.15. The normalized spacial score (nSPS) is 11.9. The van der Waals surface area contributed by atoms with E-state index in [0.29, 0.717) is 19.0 Å². The number of primary sulfonamides is 1. The number of unbranched alkanes of at least 4 members (excludes halogenated alkanes) is 1. The predicted octanol–water partition coefficient (Wildman–Crippen LogP) is 2.65. The van der Waals surface area contributed by atoms with Gasteiger partial charge in [0.2, 0.25) is 10.0 Å². The van der Waals surface area contributed by atoms with E-state index in [1.54, 1.807) is 12.1 Å². The Morgan fingerprint density at radius 2 is 1.90 bits per heavy atom. The molecule has 2 N–H and O–H groups in total. The molecule has 0 aliphatic heterocycles. The summed E-state index contributed by atoms with van der Waals surface area (Å²) >= 11 is 0. The highest BCUT2D eigenvalue weighted by atomic mass is 32.2. The first-order valence-corrected chi connectivity index (χ1v) is 8.78. The first-order valence-electron chi connectivity index (χ1n) is 7.23. The Labute approximate surface area is 127 Å². The molecule has 0 aliphatic rings. The van der Waals surface area contributed by atoms with Crippen molar-refractivity contribution in [2.75, 3.05) is 19.8 Å². The van der Waals surface area contributed by atoms with Crippen LogP contribution in [0.15, 0.2) is 23.1 Å². The lowest BCUT2D eigenvalue weighted by Crippen LogP contribution is -2.13. The van der Waals surface area contributed by atoms with Crippen molar-refractivity contribution in [2.24, 2.45) is 5.14 Å². The van der Waals surface area contributed by atoms with Gasteiger partial charge in [-0.05, 0) is 36.1 Å². The summed E-state index contributed by atoms with van der Waals surface area (Å²) in [5, 5.41) is 5.16. The molecule has 6 heteroatoms. The molecule has 0 fully saturated rings. The van der Waals surface area contributed by atoms with Gasteiger partial charge in [-0.25, -0.2) is 13.6 Å². The Bertz CT molecular complexity index is 541. The number of rotatable bonds is 9. The van der Waals surface area contributed by atoms with Crippen LogP contribution in [-0.2, 0) is 14.8 Å². The van der Waals surface area contributed by atoms with E-state index < -0.39 is 10.0 Å². The van der Waals surface area contributed by atoms with E-state index in [1.807, 2.05) is 13.8 Å². The largest absolute Gasteiger partial charge is 0.491 e. The van der Waals surface area contributed by atoms with Crippen LogP contribution in [0.4, 0.5) is 0 Å². The molecular formula is C15H25NO4S. The Morgan fingerprint density at radius 3 is 2.48 bits per heavy atom. The highest BCUT2D eigenvalue weighted by Gasteiger charge is 2.14. The molecule has 0 atom stereocenters. The monoisotopic (exact) mass is 315 g/mol. The van der Waals surface area contributed by atoms with Crippen molar-refractivity contribution in [2.45, 2.75) is 44.4 Å². The minimum atomic E-state index is -3.69. The van der Waals surface area contributed by atoms with Gasteiger partial charge in [-0.15, -0.1) is 0 Å². The molecule has 0 heterocycles. The first kappa shape index (κ1) is 17.9. The van der Waals surface area contributed by atoms with Crippen LogP contribution in [0.1, 0.15) is 45.1 Å². The zero-order valence-corrected chi connectivity index (χ0v) is 13.8. The molecule has 0 bridgehead atoms. The van der Waals surface area contributed by atoms with Gasteiger partial charge in [-0.1, -0.05) is 27.2 Å². The number of hydrogen-bond donors (Lipinski definition) is 1. The zero-order valence-electron chi connectivity index (χ0n) is 13.0. The molecule has 1 aromatic rings. The summed E-state index contributed by atoms with van der Waals surface area (Å²) in [5.41, 5.74) is 0.829. The average Bonchev–Trinajstić information content (AvgIpc) is 2.41. The molecular weight excluding hydrogens is 290 g/mol. The van der Waals surface area contributed by atoms with Gasteiger partial charge in [0.05, 0.1) is 11.5 Å². The van der Waals surface area contributed by atoms with Gasteiger partial charge in [-0.2, -0.15) is 0 Å². The lowest BCUT2D eigenvalue weighted by Gasteiger charge is -2.15. The van der Waals surface area contributed by atoms with Crippen LogP contribution in [0, 0.1) is 0 Å². The predicted molar refractivity (Wildman–Crippen MR) is 83.1 cm³/mol. The smallest absolute Gasteiger partial charge is 0.238 e. The van der Waals surface area contributed by atoms with Crippen LogP contribution in [0.5, 0.6) is 5.75 Å². The number of nitrogens with two attached hydrogens (primary N) is 1. The molecule has 0 aliphatic carbocycles. The molecule has 5 nitrogen and oxygen atoms in total. The highest BCUT2D eigenvalue weighted by Crippen LogP contribution is 2.28.